The van der Waals surface area contributed by atoms with Crippen LogP contribution >= 0.6 is 34.2 Å². The topological polar surface area (TPSA) is 26.0 Å². The second-order valence-electron chi connectivity index (χ2n) is 3.26. The van der Waals surface area contributed by atoms with E-state index in [1.165, 1.54) is 5.56 Å². The van der Waals surface area contributed by atoms with E-state index >= 15 is 0 Å². The zero-order valence-electron chi connectivity index (χ0n) is 7.56. The Bertz CT molecular complexity index is 286. The summed E-state index contributed by atoms with van der Waals surface area (Å²) in [5.74, 6) is 0. The molecule has 0 saturated carbocycles. The molecule has 1 rings (SSSR count). The summed E-state index contributed by atoms with van der Waals surface area (Å²) in [5, 5.41) is 0.824. The highest BCUT2D eigenvalue weighted by molar-refractivity contribution is 14.1. The summed E-state index contributed by atoms with van der Waals surface area (Å²) in [4.78, 5) is 0. The number of nitrogens with two attached hydrogens (primary N) is 1. The maximum Gasteiger partial charge on any atom is 0.0539 e. The van der Waals surface area contributed by atoms with Crippen LogP contribution in [0.4, 0.5) is 0 Å². The minimum absolute atomic E-state index is 0.272. The molecular weight excluding hydrogens is 296 g/mol. The van der Waals surface area contributed by atoms with Crippen LogP contribution in [0.1, 0.15) is 18.9 Å². The van der Waals surface area contributed by atoms with Crippen LogP contribution in [-0.2, 0) is 6.42 Å². The Kier molecular flexibility index (Phi) is 4.49. The van der Waals surface area contributed by atoms with E-state index in [-0.39, 0.29) is 6.04 Å². The van der Waals surface area contributed by atoms with Crippen LogP contribution in [0.15, 0.2) is 18.2 Å². The molecule has 1 aromatic carbocycles. The average molecular weight is 310 g/mol. The largest absolute Gasteiger partial charge is 0.328 e. The fourth-order valence-corrected chi connectivity index (χ4v) is 1.79. The Morgan fingerprint density at radius 2 is 2.23 bits per heavy atom. The number of rotatable bonds is 3. The van der Waals surface area contributed by atoms with Gasteiger partial charge in [-0.3, -0.25) is 0 Å². The lowest BCUT2D eigenvalue weighted by atomic mass is 10.1. The first-order chi connectivity index (χ1) is 6.09. The summed E-state index contributed by atoms with van der Waals surface area (Å²) in [7, 11) is 0. The van der Waals surface area contributed by atoms with Crippen LogP contribution in [0.3, 0.4) is 0 Å². The second-order valence-corrected chi connectivity index (χ2v) is 4.83. The molecule has 0 aromatic heterocycles. The smallest absolute Gasteiger partial charge is 0.0539 e. The lowest BCUT2D eigenvalue weighted by Crippen LogP contribution is -2.15. The van der Waals surface area contributed by atoms with Gasteiger partial charge in [-0.15, -0.1) is 0 Å². The van der Waals surface area contributed by atoms with Crippen molar-refractivity contribution in [3.05, 3.63) is 32.4 Å². The van der Waals surface area contributed by atoms with Crippen molar-refractivity contribution < 1.29 is 0 Å². The molecule has 0 spiro atoms. The van der Waals surface area contributed by atoms with Gasteiger partial charge in [0.05, 0.1) is 5.02 Å². The second kappa shape index (κ2) is 5.17. The van der Waals surface area contributed by atoms with E-state index in [1.54, 1.807) is 0 Å². The predicted octanol–water partition coefficient (Wildman–Crippen LogP) is 3.22. The Morgan fingerprint density at radius 3 is 2.77 bits per heavy atom. The Labute approximate surface area is 97.8 Å². The fourth-order valence-electron chi connectivity index (χ4n) is 1.09. The molecule has 0 fully saturated rings. The molecule has 0 aliphatic rings. The SMILES string of the molecule is C[C@H](N)CCc1ccc(Cl)c(I)c1. The number of aryl methyl sites for hydroxylation is 1. The van der Waals surface area contributed by atoms with E-state index in [9.17, 15) is 0 Å². The molecule has 0 saturated heterocycles. The van der Waals surface area contributed by atoms with Crippen molar-refractivity contribution in [3.8, 4) is 0 Å². The van der Waals surface area contributed by atoms with Crippen molar-refractivity contribution in [2.24, 2.45) is 5.73 Å². The van der Waals surface area contributed by atoms with Crippen molar-refractivity contribution in [1.82, 2.24) is 0 Å². The summed E-state index contributed by atoms with van der Waals surface area (Å²) in [6, 6.07) is 6.39. The minimum atomic E-state index is 0.272. The molecule has 0 heterocycles. The highest BCUT2D eigenvalue weighted by Crippen LogP contribution is 2.20. The first kappa shape index (κ1) is 11.3. The van der Waals surface area contributed by atoms with Crippen LogP contribution < -0.4 is 5.73 Å². The van der Waals surface area contributed by atoms with Crippen LogP contribution in [0.2, 0.25) is 5.02 Å². The summed E-state index contributed by atoms with van der Waals surface area (Å²) in [6.45, 7) is 2.03. The molecule has 1 atom stereocenters. The van der Waals surface area contributed by atoms with E-state index in [0.717, 1.165) is 21.4 Å². The molecule has 1 nitrogen and oxygen atoms in total. The van der Waals surface area contributed by atoms with Gasteiger partial charge in [0.15, 0.2) is 0 Å². The Morgan fingerprint density at radius 1 is 1.54 bits per heavy atom. The maximum atomic E-state index is 5.91. The number of hydrogen-bond donors (Lipinski definition) is 1. The van der Waals surface area contributed by atoms with Crippen molar-refractivity contribution in [3.63, 3.8) is 0 Å². The molecule has 3 heteroatoms. The number of hydrogen-bond acceptors (Lipinski definition) is 1. The number of halogens is 2. The van der Waals surface area contributed by atoms with E-state index < -0.39 is 0 Å². The molecule has 0 amide bonds. The van der Waals surface area contributed by atoms with Gasteiger partial charge < -0.3 is 5.73 Å². The van der Waals surface area contributed by atoms with E-state index in [2.05, 4.69) is 34.7 Å². The van der Waals surface area contributed by atoms with Crippen LogP contribution in [-0.4, -0.2) is 6.04 Å². The quantitative estimate of drug-likeness (QED) is 0.852. The van der Waals surface area contributed by atoms with E-state index in [1.807, 2.05) is 13.0 Å². The van der Waals surface area contributed by atoms with Crippen molar-refractivity contribution in [2.75, 3.05) is 0 Å². The van der Waals surface area contributed by atoms with Gasteiger partial charge in [0.25, 0.3) is 0 Å². The molecule has 0 aliphatic heterocycles. The molecule has 0 unspecified atom stereocenters. The zero-order chi connectivity index (χ0) is 9.84. The van der Waals surface area contributed by atoms with Gasteiger partial charge >= 0.3 is 0 Å². The van der Waals surface area contributed by atoms with E-state index in [0.29, 0.717) is 0 Å². The highest BCUT2D eigenvalue weighted by atomic mass is 127. The summed E-state index contributed by atoms with van der Waals surface area (Å²) >= 11 is 8.15. The molecule has 72 valence electrons. The lowest BCUT2D eigenvalue weighted by Gasteiger charge is -2.05. The Balaban J connectivity index is 2.63. The highest BCUT2D eigenvalue weighted by Gasteiger charge is 2.00. The third-order valence-electron chi connectivity index (χ3n) is 1.87. The summed E-state index contributed by atoms with van der Waals surface area (Å²) in [5.41, 5.74) is 6.99. The van der Waals surface area contributed by atoms with Gasteiger partial charge in [-0.2, -0.15) is 0 Å². The average Bonchev–Trinajstić information content (AvgIpc) is 2.07. The molecule has 0 radical (unpaired) electrons. The fraction of sp³-hybridized carbons (Fsp3) is 0.400. The third-order valence-corrected chi connectivity index (χ3v) is 3.41. The Hall–Kier alpha value is 0.200. The first-order valence-electron chi connectivity index (χ1n) is 4.29. The van der Waals surface area contributed by atoms with Crippen LogP contribution in [0.5, 0.6) is 0 Å². The third kappa shape index (κ3) is 3.83. The summed E-state index contributed by atoms with van der Waals surface area (Å²) < 4.78 is 1.11. The molecule has 0 bridgehead atoms. The zero-order valence-corrected chi connectivity index (χ0v) is 10.5. The van der Waals surface area contributed by atoms with Gasteiger partial charge in [0, 0.05) is 9.61 Å². The van der Waals surface area contributed by atoms with Crippen LogP contribution in [0.25, 0.3) is 0 Å². The molecule has 0 aliphatic carbocycles. The van der Waals surface area contributed by atoms with Crippen LogP contribution in [0, 0.1) is 3.57 Å². The molecule has 13 heavy (non-hydrogen) atoms. The van der Waals surface area contributed by atoms with Crippen molar-refractivity contribution in [1.29, 1.82) is 0 Å². The minimum Gasteiger partial charge on any atom is -0.328 e. The van der Waals surface area contributed by atoms with Gasteiger partial charge in [-0.05, 0) is 60.1 Å². The maximum absolute atomic E-state index is 5.91. The summed E-state index contributed by atoms with van der Waals surface area (Å²) in [6.07, 6.45) is 2.06. The monoisotopic (exact) mass is 309 g/mol. The van der Waals surface area contributed by atoms with Gasteiger partial charge in [0.2, 0.25) is 0 Å². The van der Waals surface area contributed by atoms with Gasteiger partial charge in [0.1, 0.15) is 0 Å². The standard InChI is InChI=1S/C10H13ClIN/c1-7(13)2-3-8-4-5-9(11)10(12)6-8/h4-7H,2-3,13H2,1H3/t7-/m0/s1. The van der Waals surface area contributed by atoms with Gasteiger partial charge in [-0.25, -0.2) is 0 Å². The van der Waals surface area contributed by atoms with Gasteiger partial charge in [-0.1, -0.05) is 17.7 Å². The van der Waals surface area contributed by atoms with Crippen molar-refractivity contribution in [2.45, 2.75) is 25.8 Å². The lowest BCUT2D eigenvalue weighted by molar-refractivity contribution is 0.666. The molecule has 1 aromatic rings. The predicted molar refractivity (Wildman–Crippen MR) is 66.1 cm³/mol. The van der Waals surface area contributed by atoms with E-state index in [4.69, 9.17) is 17.3 Å². The normalized spacial score (nSPS) is 12.9. The number of benzene rings is 1. The molecule has 2 N–H and O–H groups in total. The molecular formula is C10H13ClIN. The van der Waals surface area contributed by atoms with Crippen molar-refractivity contribution >= 4 is 34.2 Å². The first-order valence-corrected chi connectivity index (χ1v) is 5.75.